The van der Waals surface area contributed by atoms with Gasteiger partial charge in [0.25, 0.3) is 0 Å². The molecule has 0 amide bonds. The predicted octanol–water partition coefficient (Wildman–Crippen LogP) is 2.85. The van der Waals surface area contributed by atoms with E-state index in [-0.39, 0.29) is 10.6 Å². The summed E-state index contributed by atoms with van der Waals surface area (Å²) >= 11 is 0. The van der Waals surface area contributed by atoms with E-state index in [2.05, 4.69) is 13.8 Å². The Bertz CT molecular complexity index is 602. The summed E-state index contributed by atoms with van der Waals surface area (Å²) in [6.45, 7) is 5.28. The molecule has 2 rings (SSSR count). The van der Waals surface area contributed by atoms with Crippen LogP contribution < -0.4 is 5.73 Å². The molecule has 4 nitrogen and oxygen atoms in total. The summed E-state index contributed by atoms with van der Waals surface area (Å²) in [5, 5.41) is 0. The SMILES string of the molecule is CC(C)C1CCCN(S(=O)(=O)c2cc(F)ccc2N)CC1. The fourth-order valence-corrected chi connectivity index (χ4v) is 4.49. The van der Waals surface area contributed by atoms with Crippen LogP contribution in [-0.4, -0.2) is 25.8 Å². The van der Waals surface area contributed by atoms with E-state index >= 15 is 0 Å². The quantitative estimate of drug-likeness (QED) is 0.873. The van der Waals surface area contributed by atoms with Gasteiger partial charge in [-0.2, -0.15) is 4.31 Å². The summed E-state index contributed by atoms with van der Waals surface area (Å²) < 4.78 is 40.1. The topological polar surface area (TPSA) is 63.4 Å². The Morgan fingerprint density at radius 2 is 2.00 bits per heavy atom. The van der Waals surface area contributed by atoms with Crippen LogP contribution in [-0.2, 0) is 10.0 Å². The lowest BCUT2D eigenvalue weighted by Gasteiger charge is -2.22. The average molecular weight is 314 g/mol. The summed E-state index contributed by atoms with van der Waals surface area (Å²) in [7, 11) is -3.72. The van der Waals surface area contributed by atoms with Gasteiger partial charge in [0.05, 0.1) is 5.69 Å². The molecule has 1 aliphatic rings. The highest BCUT2D eigenvalue weighted by molar-refractivity contribution is 7.89. The lowest BCUT2D eigenvalue weighted by molar-refractivity contribution is 0.341. The molecule has 1 unspecified atom stereocenters. The van der Waals surface area contributed by atoms with Gasteiger partial charge in [-0.15, -0.1) is 0 Å². The number of nitrogens with two attached hydrogens (primary N) is 1. The fraction of sp³-hybridized carbons (Fsp3) is 0.600. The number of rotatable bonds is 3. The minimum Gasteiger partial charge on any atom is -0.398 e. The van der Waals surface area contributed by atoms with Crippen LogP contribution in [0.4, 0.5) is 10.1 Å². The van der Waals surface area contributed by atoms with E-state index < -0.39 is 15.8 Å². The zero-order valence-corrected chi connectivity index (χ0v) is 13.4. The van der Waals surface area contributed by atoms with Crippen molar-refractivity contribution in [2.75, 3.05) is 18.8 Å². The van der Waals surface area contributed by atoms with Gasteiger partial charge in [0.2, 0.25) is 10.0 Å². The van der Waals surface area contributed by atoms with Crippen LogP contribution in [0, 0.1) is 17.7 Å². The molecule has 118 valence electrons. The molecule has 0 saturated carbocycles. The Morgan fingerprint density at radius 3 is 2.67 bits per heavy atom. The van der Waals surface area contributed by atoms with Gasteiger partial charge in [0, 0.05) is 13.1 Å². The molecule has 1 aliphatic heterocycles. The second kappa shape index (κ2) is 6.32. The predicted molar refractivity (Wildman–Crippen MR) is 81.8 cm³/mol. The number of nitrogen functional groups attached to an aromatic ring is 1. The smallest absolute Gasteiger partial charge is 0.245 e. The van der Waals surface area contributed by atoms with E-state index in [1.165, 1.54) is 16.4 Å². The highest BCUT2D eigenvalue weighted by Crippen LogP contribution is 2.29. The lowest BCUT2D eigenvalue weighted by Crippen LogP contribution is -2.32. The first-order chi connectivity index (χ1) is 9.82. The van der Waals surface area contributed by atoms with Crippen molar-refractivity contribution in [3.05, 3.63) is 24.0 Å². The number of nitrogens with zero attached hydrogens (tertiary/aromatic N) is 1. The Balaban J connectivity index is 2.25. The number of sulfonamides is 1. The minimum atomic E-state index is -3.72. The first-order valence-electron chi connectivity index (χ1n) is 7.37. The molecule has 1 heterocycles. The molecule has 0 spiro atoms. The molecule has 0 aromatic heterocycles. The maximum absolute atomic E-state index is 13.4. The summed E-state index contributed by atoms with van der Waals surface area (Å²) in [6.07, 6.45) is 2.70. The molecule has 21 heavy (non-hydrogen) atoms. The number of benzene rings is 1. The second-order valence-corrected chi connectivity index (χ2v) is 7.93. The van der Waals surface area contributed by atoms with Gasteiger partial charge in [0.1, 0.15) is 10.7 Å². The van der Waals surface area contributed by atoms with Gasteiger partial charge in [-0.3, -0.25) is 0 Å². The van der Waals surface area contributed by atoms with Gasteiger partial charge < -0.3 is 5.73 Å². The maximum atomic E-state index is 13.4. The van der Waals surface area contributed by atoms with Crippen LogP contribution in [0.1, 0.15) is 33.1 Å². The molecular formula is C15H23FN2O2S. The normalized spacial score (nSPS) is 21.4. The van der Waals surface area contributed by atoms with Gasteiger partial charge in [0.15, 0.2) is 0 Å². The Kier molecular flexibility index (Phi) is 4.88. The molecule has 1 saturated heterocycles. The first kappa shape index (κ1) is 16.2. The third-order valence-corrected chi connectivity index (χ3v) is 6.22. The largest absolute Gasteiger partial charge is 0.398 e. The summed E-state index contributed by atoms with van der Waals surface area (Å²) in [5.74, 6) is 0.500. The van der Waals surface area contributed by atoms with E-state index in [0.29, 0.717) is 24.9 Å². The van der Waals surface area contributed by atoms with Crippen molar-refractivity contribution in [1.82, 2.24) is 4.31 Å². The summed E-state index contributed by atoms with van der Waals surface area (Å²) in [5.41, 5.74) is 5.82. The van der Waals surface area contributed by atoms with Gasteiger partial charge in [-0.05, 0) is 49.3 Å². The van der Waals surface area contributed by atoms with Gasteiger partial charge in [-0.25, -0.2) is 12.8 Å². The Labute approximate surface area is 126 Å². The lowest BCUT2D eigenvalue weighted by atomic mass is 9.89. The summed E-state index contributed by atoms with van der Waals surface area (Å²) in [4.78, 5) is -0.120. The molecule has 1 aromatic rings. The third-order valence-electron chi connectivity index (χ3n) is 4.27. The highest BCUT2D eigenvalue weighted by Gasteiger charge is 2.30. The van der Waals surface area contributed by atoms with Crippen LogP contribution in [0.3, 0.4) is 0 Å². The molecule has 2 N–H and O–H groups in total. The van der Waals surface area contributed by atoms with Crippen LogP contribution >= 0.6 is 0 Å². The van der Waals surface area contributed by atoms with Crippen molar-refractivity contribution in [3.8, 4) is 0 Å². The zero-order valence-electron chi connectivity index (χ0n) is 12.5. The third kappa shape index (κ3) is 3.55. The molecule has 1 aromatic carbocycles. The number of hydrogen-bond donors (Lipinski definition) is 1. The number of anilines is 1. The van der Waals surface area contributed by atoms with Crippen molar-refractivity contribution in [1.29, 1.82) is 0 Å². The van der Waals surface area contributed by atoms with Crippen LogP contribution in [0.25, 0.3) is 0 Å². The van der Waals surface area contributed by atoms with E-state index in [9.17, 15) is 12.8 Å². The van der Waals surface area contributed by atoms with E-state index in [1.807, 2.05) is 0 Å². The van der Waals surface area contributed by atoms with Crippen LogP contribution in [0.15, 0.2) is 23.1 Å². The van der Waals surface area contributed by atoms with E-state index in [0.717, 1.165) is 25.3 Å². The van der Waals surface area contributed by atoms with Crippen molar-refractivity contribution in [3.63, 3.8) is 0 Å². The Hall–Kier alpha value is -1.14. The van der Waals surface area contributed by atoms with Gasteiger partial charge in [-0.1, -0.05) is 13.8 Å². The molecule has 0 aliphatic carbocycles. The summed E-state index contributed by atoms with van der Waals surface area (Å²) in [6, 6.07) is 3.48. The van der Waals surface area contributed by atoms with Crippen LogP contribution in [0.2, 0.25) is 0 Å². The van der Waals surface area contributed by atoms with Crippen molar-refractivity contribution >= 4 is 15.7 Å². The Morgan fingerprint density at radius 1 is 1.29 bits per heavy atom. The molecule has 1 fully saturated rings. The zero-order chi connectivity index (χ0) is 15.6. The maximum Gasteiger partial charge on any atom is 0.245 e. The van der Waals surface area contributed by atoms with Crippen molar-refractivity contribution in [2.24, 2.45) is 11.8 Å². The fourth-order valence-electron chi connectivity index (χ4n) is 2.87. The minimum absolute atomic E-state index is 0.0982. The molecule has 6 heteroatoms. The average Bonchev–Trinajstić information content (AvgIpc) is 2.67. The number of hydrogen-bond acceptors (Lipinski definition) is 3. The molecule has 0 radical (unpaired) electrons. The van der Waals surface area contributed by atoms with Crippen molar-refractivity contribution < 1.29 is 12.8 Å². The molecule has 1 atom stereocenters. The molecule has 0 bridgehead atoms. The number of halogens is 1. The molecular weight excluding hydrogens is 291 g/mol. The van der Waals surface area contributed by atoms with Gasteiger partial charge >= 0.3 is 0 Å². The van der Waals surface area contributed by atoms with Crippen LogP contribution in [0.5, 0.6) is 0 Å². The monoisotopic (exact) mass is 314 g/mol. The van der Waals surface area contributed by atoms with E-state index in [4.69, 9.17) is 5.73 Å². The first-order valence-corrected chi connectivity index (χ1v) is 8.81. The van der Waals surface area contributed by atoms with E-state index in [1.54, 1.807) is 0 Å². The second-order valence-electron chi connectivity index (χ2n) is 6.02. The highest BCUT2D eigenvalue weighted by atomic mass is 32.2. The standard InChI is InChI=1S/C15H23FN2O2S/c1-11(2)12-4-3-8-18(9-7-12)21(19,20)15-10-13(16)5-6-14(15)17/h5-6,10-12H,3-4,7-9,17H2,1-2H3. The van der Waals surface area contributed by atoms with Crippen molar-refractivity contribution in [2.45, 2.75) is 38.0 Å².